The number of nitrogens with zero attached hydrogens (tertiary/aromatic N) is 5. The van der Waals surface area contributed by atoms with Crippen LogP contribution in [0.1, 0.15) is 24.2 Å². The minimum Gasteiger partial charge on any atom is -0.481 e. The molecular formula is C21H23ClF4N6O5. The standard InChI is InChI=1S/C21H23ClF4N6O5/c1-5-32(10-34)15(9-33)30-31(3)18-14(23)8-12(20(29-18)37-11(2)21(24,25)26)19(35)28-17-13(22)6-7-16(27-17)36-4/h6-8,10-11,33H,5,9H2,1-4H3,(H,27,28,35)/b30-15-/t11-/m0/s1. The number of amides is 2. The number of rotatable bonds is 10. The van der Waals surface area contributed by atoms with Crippen LogP contribution < -0.4 is 19.8 Å². The van der Waals surface area contributed by atoms with E-state index in [1.54, 1.807) is 6.92 Å². The van der Waals surface area contributed by atoms with E-state index in [9.17, 15) is 27.9 Å². The third kappa shape index (κ3) is 7.39. The molecule has 0 saturated heterocycles. The van der Waals surface area contributed by atoms with Crippen molar-refractivity contribution in [3.63, 3.8) is 0 Å². The van der Waals surface area contributed by atoms with Gasteiger partial charge >= 0.3 is 6.18 Å². The number of aliphatic hydroxyl groups excluding tert-OH is 1. The Balaban J connectivity index is 2.57. The first-order valence-corrected chi connectivity index (χ1v) is 10.8. The normalized spacial score (nSPS) is 12.5. The largest absolute Gasteiger partial charge is 0.481 e. The summed E-state index contributed by atoms with van der Waals surface area (Å²) in [4.78, 5) is 32.7. The molecule has 2 rings (SSSR count). The molecular weight excluding hydrogens is 528 g/mol. The number of halogens is 5. The lowest BCUT2D eigenvalue weighted by atomic mass is 10.2. The van der Waals surface area contributed by atoms with Gasteiger partial charge in [-0.3, -0.25) is 14.5 Å². The van der Waals surface area contributed by atoms with Gasteiger partial charge in [0.25, 0.3) is 5.91 Å². The van der Waals surface area contributed by atoms with Crippen LogP contribution in [-0.4, -0.2) is 77.7 Å². The Kier molecular flexibility index (Phi) is 9.96. The van der Waals surface area contributed by atoms with Gasteiger partial charge in [-0.1, -0.05) is 11.6 Å². The zero-order valence-electron chi connectivity index (χ0n) is 20.0. The molecule has 2 N–H and O–H groups in total. The fourth-order valence-electron chi connectivity index (χ4n) is 2.70. The van der Waals surface area contributed by atoms with Crippen LogP contribution in [0.3, 0.4) is 0 Å². The fraction of sp³-hybridized carbons (Fsp3) is 0.381. The number of alkyl halides is 3. The number of carbonyl (C=O) groups is 2. The molecule has 0 bridgehead atoms. The topological polar surface area (TPSA) is 129 Å². The van der Waals surface area contributed by atoms with E-state index in [1.165, 1.54) is 19.2 Å². The predicted octanol–water partition coefficient (Wildman–Crippen LogP) is 3.08. The Hall–Kier alpha value is -3.72. The summed E-state index contributed by atoms with van der Waals surface area (Å²) in [5.41, 5.74) is -0.708. The van der Waals surface area contributed by atoms with Crippen molar-refractivity contribution in [2.45, 2.75) is 26.1 Å². The van der Waals surface area contributed by atoms with Crippen LogP contribution in [-0.2, 0) is 4.79 Å². The summed E-state index contributed by atoms with van der Waals surface area (Å²) in [6.45, 7) is 1.65. The number of nitrogens with one attached hydrogen (secondary N) is 1. The Morgan fingerprint density at radius 2 is 2.03 bits per heavy atom. The van der Waals surface area contributed by atoms with Gasteiger partial charge in [-0.2, -0.15) is 28.2 Å². The number of aromatic nitrogens is 2. The van der Waals surface area contributed by atoms with Crippen molar-refractivity contribution in [1.82, 2.24) is 14.9 Å². The SMILES string of the molecule is CCN(C=O)/C(CO)=N\N(C)c1nc(O[C@@H](C)C(F)(F)F)c(C(=O)Nc2nc(OC)ccc2Cl)cc1F. The van der Waals surface area contributed by atoms with Gasteiger partial charge in [0.05, 0.1) is 12.1 Å². The molecule has 2 heterocycles. The maximum atomic E-state index is 15.0. The number of hydrogen-bond acceptors (Lipinski definition) is 9. The average molecular weight is 551 g/mol. The third-order valence-electron chi connectivity index (χ3n) is 4.69. The minimum absolute atomic E-state index is 0.0356. The van der Waals surface area contributed by atoms with Crippen molar-refractivity contribution in [1.29, 1.82) is 0 Å². The average Bonchev–Trinajstić information content (AvgIpc) is 2.85. The highest BCUT2D eigenvalue weighted by Gasteiger charge is 2.39. The van der Waals surface area contributed by atoms with Crippen LogP contribution in [0.15, 0.2) is 23.3 Å². The summed E-state index contributed by atoms with van der Waals surface area (Å²) < 4.78 is 64.5. The molecule has 202 valence electrons. The molecule has 2 aromatic heterocycles. The van der Waals surface area contributed by atoms with Gasteiger partial charge in [-0.15, -0.1) is 0 Å². The summed E-state index contributed by atoms with van der Waals surface area (Å²) >= 11 is 6.01. The second kappa shape index (κ2) is 12.5. The van der Waals surface area contributed by atoms with Crippen LogP contribution in [0.25, 0.3) is 0 Å². The number of likely N-dealkylation sites (N-methyl/N-ethyl adjacent to an activating group) is 1. The molecule has 0 fully saturated rings. The third-order valence-corrected chi connectivity index (χ3v) is 5.00. The number of hydrazone groups is 1. The maximum Gasteiger partial charge on any atom is 0.425 e. The summed E-state index contributed by atoms with van der Waals surface area (Å²) in [6.07, 6.45) is -6.91. The van der Waals surface area contributed by atoms with E-state index >= 15 is 4.39 Å². The lowest BCUT2D eigenvalue weighted by Gasteiger charge is -2.22. The van der Waals surface area contributed by atoms with Gasteiger partial charge < -0.3 is 19.9 Å². The number of anilines is 2. The zero-order chi connectivity index (χ0) is 27.9. The molecule has 2 aromatic rings. The molecule has 16 heteroatoms. The van der Waals surface area contributed by atoms with E-state index in [1.807, 2.05) is 0 Å². The molecule has 2 amide bonds. The van der Waals surface area contributed by atoms with E-state index in [0.29, 0.717) is 19.4 Å². The summed E-state index contributed by atoms with van der Waals surface area (Å²) in [7, 11) is 2.47. The maximum absolute atomic E-state index is 15.0. The first kappa shape index (κ1) is 29.5. The van der Waals surface area contributed by atoms with Crippen LogP contribution in [0, 0.1) is 5.82 Å². The van der Waals surface area contributed by atoms with Crippen LogP contribution in [0.2, 0.25) is 5.02 Å². The van der Waals surface area contributed by atoms with Gasteiger partial charge in [0.1, 0.15) is 12.2 Å². The Morgan fingerprint density at radius 1 is 1.35 bits per heavy atom. The molecule has 0 aliphatic rings. The van der Waals surface area contributed by atoms with Gasteiger partial charge in [0, 0.05) is 19.7 Å². The molecule has 0 radical (unpaired) electrons. The number of ether oxygens (including phenoxy) is 2. The first-order chi connectivity index (χ1) is 17.4. The van der Waals surface area contributed by atoms with Gasteiger partial charge in [0.15, 0.2) is 29.4 Å². The van der Waals surface area contributed by atoms with Gasteiger partial charge in [-0.05, 0) is 26.0 Å². The van der Waals surface area contributed by atoms with Crippen molar-refractivity contribution < 1.29 is 41.7 Å². The molecule has 0 saturated carbocycles. The van der Waals surface area contributed by atoms with E-state index in [-0.39, 0.29) is 29.1 Å². The van der Waals surface area contributed by atoms with Gasteiger partial charge in [0.2, 0.25) is 18.2 Å². The highest BCUT2D eigenvalue weighted by molar-refractivity contribution is 6.33. The molecule has 0 spiro atoms. The highest BCUT2D eigenvalue weighted by Crippen LogP contribution is 2.31. The van der Waals surface area contributed by atoms with Crippen molar-refractivity contribution in [2.24, 2.45) is 5.10 Å². The van der Waals surface area contributed by atoms with Crippen molar-refractivity contribution >= 4 is 41.4 Å². The van der Waals surface area contributed by atoms with E-state index in [4.69, 9.17) is 21.1 Å². The first-order valence-electron chi connectivity index (χ1n) is 10.5. The molecule has 0 aliphatic carbocycles. The van der Waals surface area contributed by atoms with Crippen molar-refractivity contribution in [3.8, 4) is 11.8 Å². The van der Waals surface area contributed by atoms with Gasteiger partial charge in [-0.25, -0.2) is 9.40 Å². The molecule has 11 nitrogen and oxygen atoms in total. The minimum atomic E-state index is -4.85. The Labute approximate surface area is 213 Å². The lowest BCUT2D eigenvalue weighted by molar-refractivity contribution is -0.190. The number of amidine groups is 1. The Morgan fingerprint density at radius 3 is 2.57 bits per heavy atom. The van der Waals surface area contributed by atoms with Crippen LogP contribution in [0.5, 0.6) is 11.8 Å². The highest BCUT2D eigenvalue weighted by atomic mass is 35.5. The molecule has 37 heavy (non-hydrogen) atoms. The molecule has 0 unspecified atom stereocenters. The number of pyridine rings is 2. The monoisotopic (exact) mass is 550 g/mol. The molecule has 0 aromatic carbocycles. The zero-order valence-corrected chi connectivity index (χ0v) is 20.8. The summed E-state index contributed by atoms with van der Waals surface area (Å²) in [6, 6.07) is 3.33. The second-order valence-electron chi connectivity index (χ2n) is 7.18. The number of hydrogen-bond donors (Lipinski definition) is 2. The van der Waals surface area contributed by atoms with E-state index < -0.39 is 47.9 Å². The second-order valence-corrected chi connectivity index (χ2v) is 7.58. The smallest absolute Gasteiger partial charge is 0.425 e. The Bertz CT molecular complexity index is 1170. The van der Waals surface area contributed by atoms with Crippen LogP contribution in [0.4, 0.5) is 29.2 Å². The summed E-state index contributed by atoms with van der Waals surface area (Å²) in [5.74, 6) is -4.21. The number of methoxy groups -OCH3 is 1. The summed E-state index contributed by atoms with van der Waals surface area (Å²) in [5, 5.41) is 16.4. The van der Waals surface area contributed by atoms with Crippen molar-refractivity contribution in [3.05, 3.63) is 34.6 Å². The number of carbonyl (C=O) groups excluding carboxylic acids is 2. The van der Waals surface area contributed by atoms with E-state index in [2.05, 4.69) is 20.4 Å². The predicted molar refractivity (Wildman–Crippen MR) is 125 cm³/mol. The fourth-order valence-corrected chi connectivity index (χ4v) is 2.85. The van der Waals surface area contributed by atoms with Crippen molar-refractivity contribution in [2.75, 3.05) is 37.6 Å². The molecule has 1 atom stereocenters. The van der Waals surface area contributed by atoms with Crippen LogP contribution >= 0.6 is 11.6 Å². The lowest BCUT2D eigenvalue weighted by Crippen LogP contribution is -2.34. The number of aliphatic hydroxyl groups is 1. The quantitative estimate of drug-likeness (QED) is 0.152. The molecule has 0 aliphatic heterocycles. The van der Waals surface area contributed by atoms with E-state index in [0.717, 1.165) is 17.0 Å².